The molecule has 5 nitrogen and oxygen atoms in total. The van der Waals surface area contributed by atoms with Crippen LogP contribution < -0.4 is 10.1 Å². The lowest BCUT2D eigenvalue weighted by Crippen LogP contribution is -2.86. The third kappa shape index (κ3) is 5.73. The highest BCUT2D eigenvalue weighted by Gasteiger charge is 2.19. The third-order valence-electron chi connectivity index (χ3n) is 3.63. The van der Waals surface area contributed by atoms with Crippen molar-refractivity contribution in [3.8, 4) is 5.75 Å². The zero-order valence-electron chi connectivity index (χ0n) is 12.4. The van der Waals surface area contributed by atoms with E-state index in [1.54, 1.807) is 0 Å². The van der Waals surface area contributed by atoms with Crippen molar-refractivity contribution in [3.63, 3.8) is 0 Å². The number of amides is 1. The Hall–Kier alpha value is -1.59. The van der Waals surface area contributed by atoms with Gasteiger partial charge in [-0.25, -0.2) is 0 Å². The second-order valence-electron chi connectivity index (χ2n) is 5.43. The number of nitrogens with two attached hydrogens (primary N) is 1. The molecule has 0 radical (unpaired) electrons. The van der Waals surface area contributed by atoms with E-state index >= 15 is 0 Å². The van der Waals surface area contributed by atoms with Gasteiger partial charge in [0.2, 0.25) is 5.91 Å². The van der Waals surface area contributed by atoms with Crippen molar-refractivity contribution in [1.29, 1.82) is 0 Å². The van der Waals surface area contributed by atoms with Gasteiger partial charge in [-0.05, 0) is 18.6 Å². The summed E-state index contributed by atoms with van der Waals surface area (Å²) in [4.78, 5) is 13.4. The van der Waals surface area contributed by atoms with E-state index in [9.17, 15) is 9.90 Å². The van der Waals surface area contributed by atoms with Crippen molar-refractivity contribution in [3.05, 3.63) is 30.3 Å². The first kappa shape index (κ1) is 15.8. The number of hydrogen-bond donors (Lipinski definition) is 2. The Kier molecular flexibility index (Phi) is 6.50. The number of ether oxygens (including phenoxy) is 1. The summed E-state index contributed by atoms with van der Waals surface area (Å²) in [6.45, 7) is 3.61. The number of para-hydroxylation sites is 1. The fourth-order valence-electron chi connectivity index (χ4n) is 2.45. The van der Waals surface area contributed by atoms with Crippen LogP contribution in [0.25, 0.3) is 0 Å². The molecular formula is C16H25N2O3+. The molecule has 3 N–H and O–H groups in total. The van der Waals surface area contributed by atoms with Crippen LogP contribution in [0.4, 0.5) is 0 Å². The van der Waals surface area contributed by atoms with Gasteiger partial charge in [0, 0.05) is 25.9 Å². The van der Waals surface area contributed by atoms with Gasteiger partial charge in [-0.2, -0.15) is 0 Å². The number of benzene rings is 1. The quantitative estimate of drug-likeness (QED) is 0.630. The largest absolute Gasteiger partial charge is 0.491 e. The molecular weight excluding hydrogens is 268 g/mol. The third-order valence-corrected chi connectivity index (χ3v) is 3.63. The van der Waals surface area contributed by atoms with Crippen LogP contribution in [0, 0.1) is 0 Å². The minimum atomic E-state index is -0.473. The standard InChI is InChI=1S/C16H24N2O3/c19-14(13-21-15-6-2-1-3-7-15)12-17-9-5-11-18-10-4-8-16(18)20/h1-3,6-7,14,17,19H,4-5,8-13H2/p+1/t14-/m1/s1. The van der Waals surface area contributed by atoms with Crippen LogP contribution in [0.15, 0.2) is 30.3 Å². The maximum atomic E-state index is 11.4. The van der Waals surface area contributed by atoms with Gasteiger partial charge in [-0.15, -0.1) is 0 Å². The zero-order valence-corrected chi connectivity index (χ0v) is 12.4. The number of quaternary nitrogens is 1. The highest BCUT2D eigenvalue weighted by Crippen LogP contribution is 2.09. The highest BCUT2D eigenvalue weighted by molar-refractivity contribution is 5.77. The second kappa shape index (κ2) is 8.64. The molecule has 1 aromatic carbocycles. The summed E-state index contributed by atoms with van der Waals surface area (Å²) < 4.78 is 5.50. The molecule has 21 heavy (non-hydrogen) atoms. The SMILES string of the molecule is O=C1CCCN1CCC[NH2+]C[C@@H](O)COc1ccccc1. The molecule has 0 spiro atoms. The summed E-state index contributed by atoms with van der Waals surface area (Å²) in [5.74, 6) is 1.07. The van der Waals surface area contributed by atoms with Crippen molar-refractivity contribution in [2.45, 2.75) is 25.4 Å². The molecule has 1 saturated heterocycles. The minimum Gasteiger partial charge on any atom is -0.491 e. The highest BCUT2D eigenvalue weighted by atomic mass is 16.5. The molecule has 1 aliphatic rings. The zero-order chi connectivity index (χ0) is 14.9. The molecule has 1 aliphatic heterocycles. The topological polar surface area (TPSA) is 66.4 Å². The Balaban J connectivity index is 1.49. The lowest BCUT2D eigenvalue weighted by molar-refractivity contribution is -0.661. The van der Waals surface area contributed by atoms with E-state index < -0.39 is 6.10 Å². The van der Waals surface area contributed by atoms with E-state index in [1.807, 2.05) is 35.2 Å². The van der Waals surface area contributed by atoms with E-state index in [0.29, 0.717) is 19.6 Å². The molecule has 0 aliphatic carbocycles. The summed E-state index contributed by atoms with van der Waals surface area (Å²) in [7, 11) is 0. The molecule has 5 heteroatoms. The monoisotopic (exact) mass is 293 g/mol. The Bertz CT molecular complexity index is 425. The average molecular weight is 293 g/mol. The van der Waals surface area contributed by atoms with Crippen LogP contribution in [0.5, 0.6) is 5.75 Å². The Morgan fingerprint density at radius 1 is 1.33 bits per heavy atom. The number of rotatable bonds is 9. The second-order valence-corrected chi connectivity index (χ2v) is 5.43. The Labute approximate surface area is 125 Å². The van der Waals surface area contributed by atoms with Gasteiger partial charge < -0.3 is 20.1 Å². The van der Waals surface area contributed by atoms with E-state index in [1.165, 1.54) is 0 Å². The van der Waals surface area contributed by atoms with Crippen LogP contribution >= 0.6 is 0 Å². The minimum absolute atomic E-state index is 0.284. The lowest BCUT2D eigenvalue weighted by Gasteiger charge is -2.15. The van der Waals surface area contributed by atoms with Crippen molar-refractivity contribution in [2.75, 3.05) is 32.8 Å². The smallest absolute Gasteiger partial charge is 0.222 e. The Morgan fingerprint density at radius 3 is 2.86 bits per heavy atom. The van der Waals surface area contributed by atoms with Crippen LogP contribution in [0.1, 0.15) is 19.3 Å². The normalized spacial score (nSPS) is 16.2. The number of carbonyl (C=O) groups excluding carboxylic acids is 1. The fraction of sp³-hybridized carbons (Fsp3) is 0.562. The van der Waals surface area contributed by atoms with Crippen LogP contribution in [0.3, 0.4) is 0 Å². The molecule has 0 unspecified atom stereocenters. The van der Waals surface area contributed by atoms with Crippen molar-refractivity contribution >= 4 is 5.91 Å². The summed E-state index contributed by atoms with van der Waals surface area (Å²) in [6, 6.07) is 9.51. The predicted octanol–water partition coefficient (Wildman–Crippen LogP) is 0.00220. The van der Waals surface area contributed by atoms with Gasteiger partial charge in [0.25, 0.3) is 0 Å². The van der Waals surface area contributed by atoms with Crippen LogP contribution in [-0.2, 0) is 4.79 Å². The summed E-state index contributed by atoms with van der Waals surface area (Å²) in [6.07, 6.45) is 2.20. The number of aliphatic hydroxyl groups excluding tert-OH is 1. The number of carbonyl (C=O) groups is 1. The summed E-state index contributed by atoms with van der Waals surface area (Å²) in [5.41, 5.74) is 0. The van der Waals surface area contributed by atoms with Gasteiger partial charge in [-0.1, -0.05) is 18.2 Å². The molecule has 1 aromatic rings. The lowest BCUT2D eigenvalue weighted by atomic mass is 10.3. The molecule has 1 amide bonds. The number of hydrogen-bond acceptors (Lipinski definition) is 3. The molecule has 1 atom stereocenters. The van der Waals surface area contributed by atoms with Gasteiger partial charge in [-0.3, -0.25) is 4.79 Å². The molecule has 116 valence electrons. The van der Waals surface area contributed by atoms with E-state index in [2.05, 4.69) is 5.32 Å². The maximum Gasteiger partial charge on any atom is 0.222 e. The molecule has 0 aromatic heterocycles. The van der Waals surface area contributed by atoms with Gasteiger partial charge in [0.15, 0.2) is 0 Å². The van der Waals surface area contributed by atoms with E-state index in [-0.39, 0.29) is 5.91 Å². The average Bonchev–Trinajstić information content (AvgIpc) is 2.91. The molecule has 1 fully saturated rings. The van der Waals surface area contributed by atoms with E-state index in [4.69, 9.17) is 4.74 Å². The van der Waals surface area contributed by atoms with Crippen molar-refractivity contribution in [2.24, 2.45) is 0 Å². The Morgan fingerprint density at radius 2 is 2.14 bits per heavy atom. The molecule has 2 rings (SSSR count). The summed E-state index contributed by atoms with van der Waals surface area (Å²) in [5, 5.41) is 11.9. The van der Waals surface area contributed by atoms with Crippen molar-refractivity contribution in [1.82, 2.24) is 4.90 Å². The van der Waals surface area contributed by atoms with Gasteiger partial charge in [0.05, 0.1) is 6.54 Å². The molecule has 0 bridgehead atoms. The first-order valence-electron chi connectivity index (χ1n) is 7.71. The summed E-state index contributed by atoms with van der Waals surface area (Å²) >= 11 is 0. The number of likely N-dealkylation sites (tertiary alicyclic amines) is 1. The number of aliphatic hydroxyl groups is 1. The molecule has 0 saturated carbocycles. The first-order valence-corrected chi connectivity index (χ1v) is 7.71. The molecule has 1 heterocycles. The number of nitrogens with zero attached hydrogens (tertiary/aromatic N) is 1. The van der Waals surface area contributed by atoms with Gasteiger partial charge >= 0.3 is 0 Å². The maximum absolute atomic E-state index is 11.4. The van der Waals surface area contributed by atoms with E-state index in [0.717, 1.165) is 38.2 Å². The fourth-order valence-corrected chi connectivity index (χ4v) is 2.45. The van der Waals surface area contributed by atoms with Gasteiger partial charge in [0.1, 0.15) is 25.0 Å². The first-order chi connectivity index (χ1) is 10.3. The predicted molar refractivity (Wildman–Crippen MR) is 80.0 cm³/mol. The van der Waals surface area contributed by atoms with Crippen molar-refractivity contribution < 1.29 is 20.0 Å². The van der Waals surface area contributed by atoms with Crippen LogP contribution in [0.2, 0.25) is 0 Å². The van der Waals surface area contributed by atoms with Crippen LogP contribution in [-0.4, -0.2) is 54.8 Å².